The molecule has 25 heavy (non-hydrogen) atoms. The van der Waals surface area contributed by atoms with E-state index < -0.39 is 0 Å². The van der Waals surface area contributed by atoms with Crippen LogP contribution in [0.5, 0.6) is 0 Å². The maximum absolute atomic E-state index is 12.1. The molecule has 3 rings (SSSR count). The molecule has 0 unspecified atom stereocenters. The second kappa shape index (κ2) is 8.64. The number of ether oxygens (including phenoxy) is 1. The zero-order valence-corrected chi connectivity index (χ0v) is 16.0. The molecule has 2 N–H and O–H groups in total. The summed E-state index contributed by atoms with van der Waals surface area (Å²) in [6, 6.07) is 6.01. The van der Waals surface area contributed by atoms with E-state index in [9.17, 15) is 4.79 Å². The van der Waals surface area contributed by atoms with Gasteiger partial charge in [0.2, 0.25) is 11.0 Å². The summed E-state index contributed by atoms with van der Waals surface area (Å²) in [7, 11) is 0. The summed E-state index contributed by atoms with van der Waals surface area (Å²) in [6.07, 6.45) is 2.48. The van der Waals surface area contributed by atoms with Crippen molar-refractivity contribution in [2.24, 2.45) is 0 Å². The average Bonchev–Trinajstić information content (AvgIpc) is 3.21. The molecule has 0 spiro atoms. The number of benzene rings is 1. The topological polar surface area (TPSA) is 76.1 Å². The highest BCUT2D eigenvalue weighted by atomic mass is 32.2. The molecular formula is C17H22N4O2S2. The monoisotopic (exact) mass is 378 g/mol. The Hall–Kier alpha value is -1.64. The number of aromatic nitrogens is 2. The first kappa shape index (κ1) is 18.2. The van der Waals surface area contributed by atoms with Crippen molar-refractivity contribution in [2.75, 3.05) is 29.5 Å². The van der Waals surface area contributed by atoms with Gasteiger partial charge in [0.25, 0.3) is 0 Å². The molecule has 0 aliphatic carbocycles. The lowest BCUT2D eigenvalue weighted by atomic mass is 10.1. The van der Waals surface area contributed by atoms with Crippen LogP contribution in [-0.2, 0) is 9.53 Å². The van der Waals surface area contributed by atoms with Gasteiger partial charge < -0.3 is 15.4 Å². The lowest BCUT2D eigenvalue weighted by molar-refractivity contribution is -0.113. The van der Waals surface area contributed by atoms with Gasteiger partial charge in [-0.15, -0.1) is 10.2 Å². The lowest BCUT2D eigenvalue weighted by Crippen LogP contribution is -2.18. The standard InChI is InChI=1S/C17H22N4O2S2/c1-11-6-12(2)8-13(7-11)19-15(22)10-24-17-21-20-16(25-17)18-9-14-4-3-5-23-14/h6-8,14H,3-5,9-10H2,1-2H3,(H,18,20)(H,19,22)/t14-/m0/s1. The first-order chi connectivity index (χ1) is 12.1. The predicted molar refractivity (Wildman–Crippen MR) is 103 cm³/mol. The zero-order valence-electron chi connectivity index (χ0n) is 14.4. The van der Waals surface area contributed by atoms with Crippen LogP contribution in [0, 0.1) is 13.8 Å². The normalized spacial score (nSPS) is 16.8. The van der Waals surface area contributed by atoms with Crippen molar-refractivity contribution < 1.29 is 9.53 Å². The highest BCUT2D eigenvalue weighted by Gasteiger charge is 2.16. The van der Waals surface area contributed by atoms with Crippen LogP contribution in [0.4, 0.5) is 10.8 Å². The minimum absolute atomic E-state index is 0.0425. The largest absolute Gasteiger partial charge is 0.376 e. The summed E-state index contributed by atoms with van der Waals surface area (Å²) in [5, 5.41) is 15.2. The summed E-state index contributed by atoms with van der Waals surface area (Å²) in [6.45, 7) is 5.64. The molecule has 1 fully saturated rings. The molecule has 2 aromatic rings. The van der Waals surface area contributed by atoms with Crippen LogP contribution in [0.1, 0.15) is 24.0 Å². The Morgan fingerprint density at radius 3 is 2.84 bits per heavy atom. The fourth-order valence-corrected chi connectivity index (χ4v) is 4.28. The zero-order chi connectivity index (χ0) is 17.6. The fourth-order valence-electron chi connectivity index (χ4n) is 2.72. The molecule has 2 heterocycles. The highest BCUT2D eigenvalue weighted by Crippen LogP contribution is 2.26. The summed E-state index contributed by atoms with van der Waals surface area (Å²) in [4.78, 5) is 12.1. The van der Waals surface area contributed by atoms with E-state index in [1.165, 1.54) is 23.1 Å². The second-order valence-corrected chi connectivity index (χ2v) is 8.30. The quantitative estimate of drug-likeness (QED) is 0.719. The van der Waals surface area contributed by atoms with E-state index in [1.54, 1.807) is 0 Å². The number of thioether (sulfide) groups is 1. The third-order valence-corrected chi connectivity index (χ3v) is 5.76. The van der Waals surface area contributed by atoms with Gasteiger partial charge in [-0.2, -0.15) is 0 Å². The molecule has 0 radical (unpaired) electrons. The molecule has 134 valence electrons. The number of carbonyl (C=O) groups excluding carboxylic acids is 1. The highest BCUT2D eigenvalue weighted by molar-refractivity contribution is 8.01. The number of hydrogen-bond donors (Lipinski definition) is 2. The Bertz CT molecular complexity index is 709. The van der Waals surface area contributed by atoms with Crippen molar-refractivity contribution in [1.29, 1.82) is 0 Å². The maximum Gasteiger partial charge on any atom is 0.234 e. The third kappa shape index (κ3) is 5.69. The van der Waals surface area contributed by atoms with Crippen molar-refractivity contribution in [1.82, 2.24) is 10.2 Å². The second-order valence-electron chi connectivity index (χ2n) is 6.10. The molecule has 6 nitrogen and oxygen atoms in total. The van der Waals surface area contributed by atoms with Gasteiger partial charge in [-0.3, -0.25) is 4.79 Å². The van der Waals surface area contributed by atoms with E-state index in [0.717, 1.165) is 52.3 Å². The number of hydrogen-bond acceptors (Lipinski definition) is 7. The number of nitrogens with zero attached hydrogens (tertiary/aromatic N) is 2. The molecule has 1 atom stereocenters. The number of carbonyl (C=O) groups is 1. The first-order valence-electron chi connectivity index (χ1n) is 8.28. The fraction of sp³-hybridized carbons (Fsp3) is 0.471. The molecule has 1 aliphatic rings. The van der Waals surface area contributed by atoms with E-state index in [-0.39, 0.29) is 12.0 Å². The maximum atomic E-state index is 12.1. The number of nitrogens with one attached hydrogen (secondary N) is 2. The van der Waals surface area contributed by atoms with Crippen LogP contribution in [-0.4, -0.2) is 41.1 Å². The van der Waals surface area contributed by atoms with Gasteiger partial charge in [-0.1, -0.05) is 29.2 Å². The molecule has 1 aliphatic heterocycles. The van der Waals surface area contributed by atoms with Gasteiger partial charge in [-0.25, -0.2) is 0 Å². The van der Waals surface area contributed by atoms with Crippen LogP contribution in [0.15, 0.2) is 22.5 Å². The lowest BCUT2D eigenvalue weighted by Gasteiger charge is -2.08. The average molecular weight is 379 g/mol. The number of aryl methyl sites for hydroxylation is 2. The Balaban J connectivity index is 1.44. The van der Waals surface area contributed by atoms with Crippen LogP contribution in [0.3, 0.4) is 0 Å². The van der Waals surface area contributed by atoms with Gasteiger partial charge >= 0.3 is 0 Å². The van der Waals surface area contributed by atoms with E-state index >= 15 is 0 Å². The molecule has 1 amide bonds. The van der Waals surface area contributed by atoms with E-state index in [0.29, 0.717) is 5.75 Å². The summed E-state index contributed by atoms with van der Waals surface area (Å²) in [5.74, 6) is 0.270. The summed E-state index contributed by atoms with van der Waals surface area (Å²) < 4.78 is 6.35. The molecule has 1 aromatic carbocycles. The SMILES string of the molecule is Cc1cc(C)cc(NC(=O)CSc2nnc(NC[C@@H]3CCCO3)s2)c1. The third-order valence-electron chi connectivity index (χ3n) is 3.74. The summed E-state index contributed by atoms with van der Waals surface area (Å²) >= 11 is 2.86. The van der Waals surface area contributed by atoms with Gasteiger partial charge in [0.05, 0.1) is 11.9 Å². The minimum atomic E-state index is -0.0425. The van der Waals surface area contributed by atoms with Gasteiger partial charge in [0.15, 0.2) is 4.34 Å². The Morgan fingerprint density at radius 2 is 2.12 bits per heavy atom. The Morgan fingerprint density at radius 1 is 1.32 bits per heavy atom. The van der Waals surface area contributed by atoms with Crippen molar-refractivity contribution in [3.63, 3.8) is 0 Å². The molecular weight excluding hydrogens is 356 g/mol. The first-order valence-corrected chi connectivity index (χ1v) is 10.1. The molecule has 1 aromatic heterocycles. The Labute approximate surface area is 155 Å². The van der Waals surface area contributed by atoms with Crippen LogP contribution >= 0.6 is 23.1 Å². The van der Waals surface area contributed by atoms with Crippen LogP contribution < -0.4 is 10.6 Å². The van der Waals surface area contributed by atoms with Gasteiger partial charge in [-0.05, 0) is 49.9 Å². The minimum Gasteiger partial charge on any atom is -0.376 e. The predicted octanol–water partition coefficient (Wildman–Crippen LogP) is 3.48. The van der Waals surface area contributed by atoms with E-state index in [1.807, 2.05) is 26.0 Å². The van der Waals surface area contributed by atoms with Crippen molar-refractivity contribution in [3.05, 3.63) is 29.3 Å². The van der Waals surface area contributed by atoms with E-state index in [2.05, 4.69) is 26.9 Å². The van der Waals surface area contributed by atoms with E-state index in [4.69, 9.17) is 4.74 Å². The number of anilines is 2. The van der Waals surface area contributed by atoms with Crippen LogP contribution in [0.2, 0.25) is 0 Å². The van der Waals surface area contributed by atoms with Crippen molar-refractivity contribution >= 4 is 39.8 Å². The van der Waals surface area contributed by atoms with Crippen LogP contribution in [0.25, 0.3) is 0 Å². The molecule has 1 saturated heterocycles. The van der Waals surface area contributed by atoms with Crippen molar-refractivity contribution in [3.8, 4) is 0 Å². The Kier molecular flexibility index (Phi) is 6.28. The molecule has 8 heteroatoms. The molecule has 0 bridgehead atoms. The van der Waals surface area contributed by atoms with Crippen molar-refractivity contribution in [2.45, 2.75) is 37.1 Å². The summed E-state index contributed by atoms with van der Waals surface area (Å²) in [5.41, 5.74) is 3.10. The van der Waals surface area contributed by atoms with Gasteiger partial charge in [0, 0.05) is 18.8 Å². The smallest absolute Gasteiger partial charge is 0.234 e. The van der Waals surface area contributed by atoms with Gasteiger partial charge in [0.1, 0.15) is 0 Å². The number of rotatable bonds is 7. The number of amides is 1. The molecule has 0 saturated carbocycles.